The summed E-state index contributed by atoms with van der Waals surface area (Å²) in [6.07, 6.45) is 5.59. The molecule has 0 aliphatic heterocycles. The molecule has 114 valence electrons. The lowest BCUT2D eigenvalue weighted by Gasteiger charge is -2.35. The van der Waals surface area contributed by atoms with Gasteiger partial charge in [0.2, 0.25) is 0 Å². The summed E-state index contributed by atoms with van der Waals surface area (Å²) in [5.41, 5.74) is 8.78. The van der Waals surface area contributed by atoms with Crippen molar-refractivity contribution in [1.82, 2.24) is 9.55 Å². The van der Waals surface area contributed by atoms with Crippen molar-refractivity contribution in [2.24, 2.45) is 11.7 Å². The van der Waals surface area contributed by atoms with Crippen molar-refractivity contribution in [2.45, 2.75) is 58.0 Å². The standard InChI is InChI=1S/C17H24BrN3/c1-3-10-21-15-5-4-13(18)11-14(15)20-16(21)17(19)8-6-12(2)7-9-17/h4-5,11-12H,3,6-10,19H2,1-2H3. The number of hydrogen-bond donors (Lipinski definition) is 1. The van der Waals surface area contributed by atoms with E-state index in [-0.39, 0.29) is 5.54 Å². The SMILES string of the molecule is CCCn1c(C2(N)CCC(C)CC2)nc2cc(Br)ccc21. The third-order valence-electron chi connectivity index (χ3n) is 4.77. The molecule has 2 aromatic rings. The Morgan fingerprint density at radius 3 is 2.76 bits per heavy atom. The maximum atomic E-state index is 6.78. The Balaban J connectivity index is 2.10. The van der Waals surface area contributed by atoms with E-state index in [0.29, 0.717) is 0 Å². The summed E-state index contributed by atoms with van der Waals surface area (Å²) in [5, 5.41) is 0. The van der Waals surface area contributed by atoms with E-state index in [1.807, 2.05) is 0 Å². The third-order valence-corrected chi connectivity index (χ3v) is 5.26. The maximum Gasteiger partial charge on any atom is 0.130 e. The monoisotopic (exact) mass is 349 g/mol. The molecule has 1 aromatic heterocycles. The molecule has 0 radical (unpaired) electrons. The zero-order valence-corrected chi connectivity index (χ0v) is 14.5. The molecule has 0 saturated heterocycles. The fourth-order valence-electron chi connectivity index (χ4n) is 3.43. The fraction of sp³-hybridized carbons (Fsp3) is 0.588. The highest BCUT2D eigenvalue weighted by molar-refractivity contribution is 9.10. The number of halogens is 1. The van der Waals surface area contributed by atoms with Crippen LogP contribution < -0.4 is 5.73 Å². The van der Waals surface area contributed by atoms with Crippen LogP contribution >= 0.6 is 15.9 Å². The number of rotatable bonds is 3. The van der Waals surface area contributed by atoms with Gasteiger partial charge in [0.05, 0.1) is 16.6 Å². The molecule has 1 saturated carbocycles. The molecule has 21 heavy (non-hydrogen) atoms. The zero-order chi connectivity index (χ0) is 15.0. The van der Waals surface area contributed by atoms with Gasteiger partial charge in [-0.2, -0.15) is 0 Å². The molecule has 1 aromatic carbocycles. The predicted octanol–water partition coefficient (Wildman–Crippen LogP) is 4.57. The van der Waals surface area contributed by atoms with E-state index in [4.69, 9.17) is 10.7 Å². The summed E-state index contributed by atoms with van der Waals surface area (Å²) in [6, 6.07) is 6.34. The summed E-state index contributed by atoms with van der Waals surface area (Å²) in [5.74, 6) is 1.88. The lowest BCUT2D eigenvalue weighted by Crippen LogP contribution is -2.42. The lowest BCUT2D eigenvalue weighted by atomic mass is 9.77. The van der Waals surface area contributed by atoms with Gasteiger partial charge < -0.3 is 10.3 Å². The average molecular weight is 350 g/mol. The van der Waals surface area contributed by atoms with Crippen molar-refractivity contribution in [2.75, 3.05) is 0 Å². The molecule has 1 aliphatic carbocycles. The highest BCUT2D eigenvalue weighted by Crippen LogP contribution is 2.38. The van der Waals surface area contributed by atoms with Crippen LogP contribution in [0.5, 0.6) is 0 Å². The Labute approximate surface area is 135 Å². The molecule has 0 bridgehead atoms. The predicted molar refractivity (Wildman–Crippen MR) is 91.2 cm³/mol. The van der Waals surface area contributed by atoms with Crippen LogP contribution in [0.15, 0.2) is 22.7 Å². The largest absolute Gasteiger partial charge is 0.326 e. The van der Waals surface area contributed by atoms with Crippen LogP contribution in [-0.4, -0.2) is 9.55 Å². The molecule has 2 N–H and O–H groups in total. The molecule has 0 amide bonds. The Hall–Kier alpha value is -0.870. The smallest absolute Gasteiger partial charge is 0.130 e. The van der Waals surface area contributed by atoms with Gasteiger partial charge in [-0.05, 0) is 56.2 Å². The first-order chi connectivity index (χ1) is 10.0. The number of fused-ring (bicyclic) bond motifs is 1. The molecule has 1 heterocycles. The zero-order valence-electron chi connectivity index (χ0n) is 12.9. The maximum absolute atomic E-state index is 6.78. The van der Waals surface area contributed by atoms with Crippen molar-refractivity contribution < 1.29 is 0 Å². The van der Waals surface area contributed by atoms with E-state index in [9.17, 15) is 0 Å². The minimum absolute atomic E-state index is 0.257. The molecule has 1 aliphatic rings. The number of aromatic nitrogens is 2. The van der Waals surface area contributed by atoms with Crippen molar-refractivity contribution in [1.29, 1.82) is 0 Å². The molecule has 3 nitrogen and oxygen atoms in total. The number of aryl methyl sites for hydroxylation is 1. The van der Waals surface area contributed by atoms with E-state index in [2.05, 4.69) is 52.5 Å². The molecular formula is C17H24BrN3. The number of benzene rings is 1. The summed E-state index contributed by atoms with van der Waals surface area (Å²) in [4.78, 5) is 4.92. The van der Waals surface area contributed by atoms with Crippen LogP contribution in [0.25, 0.3) is 11.0 Å². The fourth-order valence-corrected chi connectivity index (χ4v) is 3.78. The van der Waals surface area contributed by atoms with E-state index < -0.39 is 0 Å². The molecule has 0 atom stereocenters. The molecule has 1 fully saturated rings. The van der Waals surface area contributed by atoms with Gasteiger partial charge in [-0.3, -0.25) is 0 Å². The van der Waals surface area contributed by atoms with E-state index in [0.717, 1.165) is 47.5 Å². The van der Waals surface area contributed by atoms with Gasteiger partial charge in [-0.15, -0.1) is 0 Å². The van der Waals surface area contributed by atoms with E-state index in [1.165, 1.54) is 18.4 Å². The van der Waals surface area contributed by atoms with E-state index in [1.54, 1.807) is 0 Å². The van der Waals surface area contributed by atoms with Crippen molar-refractivity contribution >= 4 is 27.0 Å². The lowest BCUT2D eigenvalue weighted by molar-refractivity contribution is 0.231. The van der Waals surface area contributed by atoms with Crippen molar-refractivity contribution in [3.8, 4) is 0 Å². The second kappa shape index (κ2) is 5.73. The number of imidazole rings is 1. The Morgan fingerprint density at radius 1 is 1.38 bits per heavy atom. The summed E-state index contributed by atoms with van der Waals surface area (Å²) < 4.78 is 3.42. The van der Waals surface area contributed by atoms with Crippen LogP contribution in [-0.2, 0) is 12.1 Å². The Morgan fingerprint density at radius 2 is 2.10 bits per heavy atom. The summed E-state index contributed by atoms with van der Waals surface area (Å²) in [7, 11) is 0. The Bertz CT molecular complexity index is 639. The summed E-state index contributed by atoms with van der Waals surface area (Å²) in [6.45, 7) is 5.52. The van der Waals surface area contributed by atoms with Gasteiger partial charge in [0.1, 0.15) is 5.82 Å². The van der Waals surface area contributed by atoms with Crippen LogP contribution in [0.4, 0.5) is 0 Å². The van der Waals surface area contributed by atoms with Crippen molar-refractivity contribution in [3.63, 3.8) is 0 Å². The molecule has 4 heteroatoms. The van der Waals surface area contributed by atoms with Gasteiger partial charge in [-0.1, -0.05) is 29.8 Å². The van der Waals surface area contributed by atoms with Gasteiger partial charge >= 0.3 is 0 Å². The minimum atomic E-state index is -0.257. The highest BCUT2D eigenvalue weighted by Gasteiger charge is 2.36. The number of nitrogens with zero attached hydrogens (tertiary/aromatic N) is 2. The van der Waals surface area contributed by atoms with Gasteiger partial charge in [-0.25, -0.2) is 4.98 Å². The molecular weight excluding hydrogens is 326 g/mol. The van der Waals surface area contributed by atoms with E-state index >= 15 is 0 Å². The highest BCUT2D eigenvalue weighted by atomic mass is 79.9. The first kappa shape index (κ1) is 15.0. The van der Waals surface area contributed by atoms with Crippen LogP contribution in [0.1, 0.15) is 51.8 Å². The van der Waals surface area contributed by atoms with Crippen LogP contribution in [0, 0.1) is 5.92 Å². The van der Waals surface area contributed by atoms with Gasteiger partial charge in [0, 0.05) is 11.0 Å². The minimum Gasteiger partial charge on any atom is -0.326 e. The normalized spacial score (nSPS) is 26.4. The second-order valence-corrected chi connectivity index (χ2v) is 7.47. The first-order valence-electron chi connectivity index (χ1n) is 7.98. The first-order valence-corrected chi connectivity index (χ1v) is 8.78. The van der Waals surface area contributed by atoms with Crippen molar-refractivity contribution in [3.05, 3.63) is 28.5 Å². The summed E-state index contributed by atoms with van der Waals surface area (Å²) >= 11 is 3.54. The van der Waals surface area contributed by atoms with Crippen LogP contribution in [0.2, 0.25) is 0 Å². The Kier molecular flexibility index (Phi) is 4.10. The third kappa shape index (κ3) is 2.76. The molecule has 0 spiro atoms. The molecule has 3 rings (SSSR count). The number of nitrogens with two attached hydrogens (primary N) is 1. The number of hydrogen-bond acceptors (Lipinski definition) is 2. The second-order valence-electron chi connectivity index (χ2n) is 6.56. The molecule has 0 unspecified atom stereocenters. The average Bonchev–Trinajstić information content (AvgIpc) is 2.81. The van der Waals surface area contributed by atoms with Gasteiger partial charge in [0.25, 0.3) is 0 Å². The topological polar surface area (TPSA) is 43.8 Å². The van der Waals surface area contributed by atoms with Gasteiger partial charge in [0.15, 0.2) is 0 Å². The van der Waals surface area contributed by atoms with Crippen LogP contribution in [0.3, 0.4) is 0 Å². The quantitative estimate of drug-likeness (QED) is 0.881.